The van der Waals surface area contributed by atoms with Crippen LogP contribution in [0.15, 0.2) is 0 Å². The van der Waals surface area contributed by atoms with Gasteiger partial charge < -0.3 is 17.1 Å². The quantitative estimate of drug-likeness (QED) is 0.343. The number of halogens is 3. The van der Waals surface area contributed by atoms with Gasteiger partial charge in [-0.3, -0.25) is 0 Å². The Morgan fingerprint density at radius 2 is 1.87 bits per heavy atom. The van der Waals surface area contributed by atoms with Gasteiger partial charge in [0.05, 0.1) is 6.54 Å². The summed E-state index contributed by atoms with van der Waals surface area (Å²) in [5.41, 5.74) is 0. The first-order valence-corrected chi connectivity index (χ1v) is 4.71. The molecule has 0 radical (unpaired) electrons. The molecule has 0 fully saturated rings. The third-order valence-corrected chi connectivity index (χ3v) is 1.79. The van der Waals surface area contributed by atoms with Crippen LogP contribution in [0.25, 0.3) is 0 Å². The van der Waals surface area contributed by atoms with E-state index in [-0.39, 0.29) is 51.4 Å². The van der Waals surface area contributed by atoms with Crippen molar-refractivity contribution in [2.75, 3.05) is 33.2 Å². The van der Waals surface area contributed by atoms with Crippen molar-refractivity contribution in [1.29, 1.82) is 0 Å². The van der Waals surface area contributed by atoms with E-state index in [1.165, 1.54) is 0 Å². The van der Waals surface area contributed by atoms with E-state index in [0.717, 1.165) is 19.4 Å². The molecule has 0 bridgehead atoms. The average molecular weight is 250 g/mol. The number of rotatable bonds is 7. The fraction of sp³-hybridized carbons (Fsp3) is 0.889. The van der Waals surface area contributed by atoms with Gasteiger partial charge in [-0.05, 0) is 13.6 Å². The molecule has 0 unspecified atom stereocenters. The minimum absolute atomic E-state index is 0. The van der Waals surface area contributed by atoms with Crippen molar-refractivity contribution < 1.29 is 64.6 Å². The van der Waals surface area contributed by atoms with Crippen LogP contribution in [0.5, 0.6) is 0 Å². The topological polar surface area (TPSA) is 15.3 Å². The number of likely N-dealkylation sites (N-methyl/N-ethyl adjacent to an activating group) is 1. The second-order valence-corrected chi connectivity index (χ2v) is 3.30. The molecule has 0 aromatic carbocycles. The smallest absolute Gasteiger partial charge is 0.343 e. The Kier molecular flexibility index (Phi) is 13.1. The third-order valence-electron chi connectivity index (χ3n) is 1.79. The van der Waals surface area contributed by atoms with Crippen LogP contribution in [0.2, 0.25) is 0 Å². The Morgan fingerprint density at radius 1 is 1.27 bits per heavy atom. The molecular weight excluding hydrogens is 232 g/mol. The maximum Gasteiger partial charge on any atom is 1.00 e. The van der Waals surface area contributed by atoms with Crippen molar-refractivity contribution >= 4 is 0 Å². The van der Waals surface area contributed by atoms with Gasteiger partial charge in [0.25, 0.3) is 0 Å². The summed E-state index contributed by atoms with van der Waals surface area (Å²) in [6, 6.07) is 0. The Bertz CT molecular complexity index is 142. The van der Waals surface area contributed by atoms with Gasteiger partial charge >= 0.3 is 57.6 Å². The van der Waals surface area contributed by atoms with Crippen LogP contribution in [0, 0.1) is 6.92 Å². The zero-order valence-corrected chi connectivity index (χ0v) is 12.7. The molecule has 0 amide bonds. The van der Waals surface area contributed by atoms with Gasteiger partial charge in [0.2, 0.25) is 0 Å². The summed E-state index contributed by atoms with van der Waals surface area (Å²) in [4.78, 5) is 1.99. The van der Waals surface area contributed by atoms with E-state index < -0.39 is 12.7 Å². The molecule has 2 nitrogen and oxygen atoms in total. The van der Waals surface area contributed by atoms with E-state index in [1.807, 2.05) is 11.9 Å². The van der Waals surface area contributed by atoms with Gasteiger partial charge in [0.15, 0.2) is 0 Å². The number of nitrogens with zero attached hydrogens (tertiary/aromatic N) is 1. The fourth-order valence-electron chi connectivity index (χ4n) is 0.994. The first-order valence-electron chi connectivity index (χ1n) is 4.71. The molecule has 0 spiro atoms. The Morgan fingerprint density at radius 3 is 2.33 bits per heavy atom. The standard InChI is InChI=1S/C9H18F3N2.K/c1-3-4-6-14(2)7-5-13-8-9(10,11)12;/h13H,1,3-8H2,2H3;/q-1;+1. The van der Waals surface area contributed by atoms with Crippen LogP contribution >= 0.6 is 0 Å². The van der Waals surface area contributed by atoms with Crippen LogP contribution < -0.4 is 56.7 Å². The van der Waals surface area contributed by atoms with Crippen LogP contribution in [0.3, 0.4) is 0 Å². The predicted octanol–water partition coefficient (Wildman–Crippen LogP) is -1.31. The molecule has 6 heteroatoms. The molecular formula is C9H18F3KN2. The first-order chi connectivity index (χ1) is 6.45. The summed E-state index contributed by atoms with van der Waals surface area (Å²) in [7, 11) is 1.89. The van der Waals surface area contributed by atoms with Crippen LogP contribution in [0.4, 0.5) is 13.2 Å². The van der Waals surface area contributed by atoms with E-state index in [1.54, 1.807) is 0 Å². The second kappa shape index (κ2) is 10.5. The summed E-state index contributed by atoms with van der Waals surface area (Å²) >= 11 is 0. The Labute approximate surface area is 132 Å². The van der Waals surface area contributed by atoms with E-state index in [9.17, 15) is 13.2 Å². The molecule has 86 valence electrons. The van der Waals surface area contributed by atoms with Crippen molar-refractivity contribution in [3.05, 3.63) is 6.92 Å². The van der Waals surface area contributed by atoms with Gasteiger partial charge in [0.1, 0.15) is 0 Å². The van der Waals surface area contributed by atoms with Gasteiger partial charge in [-0.2, -0.15) is 19.6 Å². The minimum atomic E-state index is -4.11. The molecule has 0 aliphatic carbocycles. The summed E-state index contributed by atoms with van der Waals surface area (Å²) in [6.07, 6.45) is -2.26. The molecule has 0 aliphatic heterocycles. The fourth-order valence-corrected chi connectivity index (χ4v) is 0.994. The molecule has 0 atom stereocenters. The molecule has 1 N–H and O–H groups in total. The number of hydrogen-bond acceptors (Lipinski definition) is 2. The maximum atomic E-state index is 11.7. The first kappa shape index (κ1) is 18.7. The predicted molar refractivity (Wildman–Crippen MR) is 51.0 cm³/mol. The van der Waals surface area contributed by atoms with Gasteiger partial charge in [-0.25, -0.2) is 0 Å². The zero-order chi connectivity index (χ0) is 11.0. The molecule has 0 aromatic heterocycles. The molecule has 0 rings (SSSR count). The van der Waals surface area contributed by atoms with Crippen molar-refractivity contribution in [3.8, 4) is 0 Å². The van der Waals surface area contributed by atoms with Gasteiger partial charge in [-0.15, -0.1) is 0 Å². The van der Waals surface area contributed by atoms with Crippen molar-refractivity contribution in [2.24, 2.45) is 0 Å². The van der Waals surface area contributed by atoms with E-state index in [0.29, 0.717) is 13.1 Å². The number of unbranched alkanes of at least 4 members (excludes halogenated alkanes) is 1. The SMILES string of the molecule is [CH2-]CCCN(C)CCNCC(F)(F)F.[K+]. The zero-order valence-electron chi connectivity index (χ0n) is 9.53. The number of alkyl halides is 3. The van der Waals surface area contributed by atoms with Crippen LogP contribution in [-0.2, 0) is 0 Å². The van der Waals surface area contributed by atoms with E-state index in [4.69, 9.17) is 0 Å². The summed E-state index contributed by atoms with van der Waals surface area (Å²) in [5.74, 6) is 0. The second-order valence-electron chi connectivity index (χ2n) is 3.30. The molecule has 15 heavy (non-hydrogen) atoms. The van der Waals surface area contributed by atoms with Gasteiger partial charge in [-0.1, -0.05) is 6.42 Å². The van der Waals surface area contributed by atoms with Crippen LogP contribution in [0.1, 0.15) is 12.8 Å². The van der Waals surface area contributed by atoms with E-state index in [2.05, 4.69) is 12.2 Å². The van der Waals surface area contributed by atoms with Crippen molar-refractivity contribution in [3.63, 3.8) is 0 Å². The summed E-state index contributed by atoms with van der Waals surface area (Å²) in [5, 5.41) is 2.35. The minimum Gasteiger partial charge on any atom is -0.343 e. The monoisotopic (exact) mass is 250 g/mol. The Hall–Kier alpha value is 1.35. The van der Waals surface area contributed by atoms with E-state index >= 15 is 0 Å². The summed E-state index contributed by atoms with van der Waals surface area (Å²) in [6.45, 7) is 4.68. The molecule has 0 aliphatic rings. The Balaban J connectivity index is 0. The molecule has 0 heterocycles. The van der Waals surface area contributed by atoms with Crippen molar-refractivity contribution in [1.82, 2.24) is 10.2 Å². The summed E-state index contributed by atoms with van der Waals surface area (Å²) < 4.78 is 35.1. The molecule has 0 aromatic rings. The average Bonchev–Trinajstić information content (AvgIpc) is 2.07. The largest absolute Gasteiger partial charge is 1.00 e. The maximum absolute atomic E-state index is 11.7. The van der Waals surface area contributed by atoms with Crippen molar-refractivity contribution in [2.45, 2.75) is 19.0 Å². The number of nitrogens with one attached hydrogen (secondary N) is 1. The number of hydrogen-bond donors (Lipinski definition) is 1. The molecule has 0 saturated heterocycles. The normalized spacial score (nSPS) is 11.6. The van der Waals surface area contributed by atoms with Crippen LogP contribution in [-0.4, -0.2) is 44.3 Å². The molecule has 0 saturated carbocycles. The third kappa shape index (κ3) is 15.3. The van der Waals surface area contributed by atoms with Gasteiger partial charge in [0, 0.05) is 13.1 Å².